The number of rotatable bonds is 5. The molecule has 0 aliphatic rings. The summed E-state index contributed by atoms with van der Waals surface area (Å²) >= 11 is 5.86. The molecule has 0 aliphatic carbocycles. The summed E-state index contributed by atoms with van der Waals surface area (Å²) in [7, 11) is -3.96. The second-order valence-electron chi connectivity index (χ2n) is 7.27. The minimum absolute atomic E-state index is 0.0156. The van der Waals surface area contributed by atoms with Gasteiger partial charge in [-0.1, -0.05) is 53.6 Å². The van der Waals surface area contributed by atoms with Gasteiger partial charge >= 0.3 is 0 Å². The number of benzene rings is 4. The van der Waals surface area contributed by atoms with Crippen LogP contribution >= 0.6 is 11.6 Å². The van der Waals surface area contributed by atoms with Crippen LogP contribution in [0.4, 0.5) is 11.4 Å². The number of azo groups is 1. The molecule has 4 aromatic rings. The predicted molar refractivity (Wildman–Crippen MR) is 128 cm³/mol. The quantitative estimate of drug-likeness (QED) is 0.261. The Morgan fingerprint density at radius 1 is 0.939 bits per heavy atom. The standard InChI is InChI=1S/C24H18ClN3O4S/c1-15-5-4-6-16(13-15)24(30)27-26-22-14-21(19-7-2-3-8-20(19)23(22)29)28-33(31,32)18-11-9-17(25)10-12-18/h2-14,28-29H,1H3. The number of carbonyl (C=O) groups is 1. The van der Waals surface area contributed by atoms with E-state index in [1.165, 1.54) is 30.3 Å². The van der Waals surface area contributed by atoms with Crippen LogP contribution in [-0.2, 0) is 10.0 Å². The topological polar surface area (TPSA) is 108 Å². The normalized spacial score (nSPS) is 11.7. The number of sulfonamides is 1. The first-order chi connectivity index (χ1) is 15.7. The summed E-state index contributed by atoms with van der Waals surface area (Å²) < 4.78 is 28.3. The largest absolute Gasteiger partial charge is 0.505 e. The Kier molecular flexibility index (Phi) is 6.13. The third-order valence-electron chi connectivity index (χ3n) is 4.88. The van der Waals surface area contributed by atoms with E-state index in [2.05, 4.69) is 15.0 Å². The number of nitrogens with zero attached hydrogens (tertiary/aromatic N) is 2. The van der Waals surface area contributed by atoms with Gasteiger partial charge in [-0.25, -0.2) is 8.42 Å². The molecule has 0 unspecified atom stereocenters. The second-order valence-corrected chi connectivity index (χ2v) is 9.39. The number of nitrogens with one attached hydrogen (secondary N) is 1. The van der Waals surface area contributed by atoms with Crippen LogP contribution in [0.3, 0.4) is 0 Å². The van der Waals surface area contributed by atoms with E-state index in [9.17, 15) is 18.3 Å². The van der Waals surface area contributed by atoms with Crippen molar-refractivity contribution in [3.05, 3.63) is 95.0 Å². The van der Waals surface area contributed by atoms with Crippen molar-refractivity contribution < 1.29 is 18.3 Å². The van der Waals surface area contributed by atoms with Crippen LogP contribution in [0.1, 0.15) is 15.9 Å². The summed E-state index contributed by atoms with van der Waals surface area (Å²) in [5.41, 5.74) is 1.37. The minimum atomic E-state index is -3.96. The van der Waals surface area contributed by atoms with Crippen molar-refractivity contribution in [1.29, 1.82) is 0 Å². The molecule has 0 radical (unpaired) electrons. The summed E-state index contributed by atoms with van der Waals surface area (Å²) in [6, 6.07) is 20.6. The third-order valence-corrected chi connectivity index (χ3v) is 6.51. The monoisotopic (exact) mass is 479 g/mol. The SMILES string of the molecule is Cc1cccc(C(=O)N=Nc2cc(NS(=O)(=O)c3ccc(Cl)cc3)c3ccccc3c2O)c1. The zero-order chi connectivity index (χ0) is 23.6. The molecule has 0 aliphatic heterocycles. The fourth-order valence-corrected chi connectivity index (χ4v) is 4.46. The van der Waals surface area contributed by atoms with Gasteiger partial charge < -0.3 is 5.11 Å². The smallest absolute Gasteiger partial charge is 0.295 e. The molecule has 0 aromatic heterocycles. The van der Waals surface area contributed by atoms with Gasteiger partial charge in [-0.05, 0) is 49.4 Å². The van der Waals surface area contributed by atoms with Crippen LogP contribution in [0.15, 0.2) is 94.0 Å². The highest BCUT2D eigenvalue weighted by atomic mass is 35.5. The van der Waals surface area contributed by atoms with Gasteiger partial charge in [0.25, 0.3) is 15.9 Å². The molecule has 0 heterocycles. The van der Waals surface area contributed by atoms with Crippen LogP contribution in [0, 0.1) is 6.92 Å². The van der Waals surface area contributed by atoms with Crippen LogP contribution in [0.25, 0.3) is 10.8 Å². The fourth-order valence-electron chi connectivity index (χ4n) is 3.26. The maximum Gasteiger partial charge on any atom is 0.295 e. The number of hydrogen-bond acceptors (Lipinski definition) is 5. The molecule has 2 N–H and O–H groups in total. The number of amides is 1. The number of hydrogen-bond donors (Lipinski definition) is 2. The Hall–Kier alpha value is -3.75. The molecule has 7 nitrogen and oxygen atoms in total. The Bertz CT molecular complexity index is 1500. The van der Waals surface area contributed by atoms with Crippen molar-refractivity contribution in [1.82, 2.24) is 0 Å². The lowest BCUT2D eigenvalue weighted by Crippen LogP contribution is -2.13. The summed E-state index contributed by atoms with van der Waals surface area (Å²) in [4.78, 5) is 12.4. The van der Waals surface area contributed by atoms with Gasteiger partial charge in [0.15, 0.2) is 5.75 Å². The van der Waals surface area contributed by atoms with Crippen LogP contribution in [0.2, 0.25) is 5.02 Å². The lowest BCUT2D eigenvalue weighted by Gasteiger charge is -2.13. The van der Waals surface area contributed by atoms with E-state index >= 15 is 0 Å². The van der Waals surface area contributed by atoms with E-state index < -0.39 is 15.9 Å². The number of aromatic hydroxyl groups is 1. The summed E-state index contributed by atoms with van der Waals surface area (Å²) in [5, 5.41) is 19.5. The summed E-state index contributed by atoms with van der Waals surface area (Å²) in [6.07, 6.45) is 0. The molecule has 4 rings (SSSR count). The highest BCUT2D eigenvalue weighted by molar-refractivity contribution is 7.92. The van der Waals surface area contributed by atoms with E-state index in [-0.39, 0.29) is 22.0 Å². The first-order valence-electron chi connectivity index (χ1n) is 9.80. The first kappa shape index (κ1) is 22.4. The Labute approximate surface area is 195 Å². The van der Waals surface area contributed by atoms with Crippen molar-refractivity contribution in [3.63, 3.8) is 0 Å². The van der Waals surface area contributed by atoms with Crippen LogP contribution < -0.4 is 4.72 Å². The number of carbonyl (C=O) groups excluding carboxylic acids is 1. The highest BCUT2D eigenvalue weighted by Crippen LogP contribution is 2.40. The van der Waals surface area contributed by atoms with Gasteiger partial charge in [-0.15, -0.1) is 10.2 Å². The Morgan fingerprint density at radius 3 is 2.33 bits per heavy atom. The zero-order valence-electron chi connectivity index (χ0n) is 17.4. The zero-order valence-corrected chi connectivity index (χ0v) is 18.9. The van der Waals surface area contributed by atoms with Gasteiger partial charge in [0.2, 0.25) is 0 Å². The molecule has 4 aromatic carbocycles. The van der Waals surface area contributed by atoms with Gasteiger partial charge in [0.05, 0.1) is 10.6 Å². The van der Waals surface area contributed by atoms with E-state index in [1.807, 2.05) is 13.0 Å². The maximum absolute atomic E-state index is 12.9. The summed E-state index contributed by atoms with van der Waals surface area (Å²) in [5.74, 6) is -0.810. The minimum Gasteiger partial charge on any atom is -0.505 e. The molecule has 0 spiro atoms. The number of aryl methyl sites for hydroxylation is 1. The lowest BCUT2D eigenvalue weighted by atomic mass is 10.1. The number of phenolic OH excluding ortho intramolecular Hbond substituents is 1. The van der Waals surface area contributed by atoms with E-state index in [0.29, 0.717) is 21.4 Å². The number of anilines is 1. The van der Waals surface area contributed by atoms with Crippen molar-refractivity contribution in [2.45, 2.75) is 11.8 Å². The molecule has 33 heavy (non-hydrogen) atoms. The lowest BCUT2D eigenvalue weighted by molar-refractivity contribution is 0.0995. The van der Waals surface area contributed by atoms with Crippen molar-refractivity contribution in [2.24, 2.45) is 10.2 Å². The van der Waals surface area contributed by atoms with E-state index in [4.69, 9.17) is 11.6 Å². The van der Waals surface area contributed by atoms with E-state index in [1.54, 1.807) is 42.5 Å². The third kappa shape index (κ3) is 4.87. The highest BCUT2D eigenvalue weighted by Gasteiger charge is 2.18. The van der Waals surface area contributed by atoms with E-state index in [0.717, 1.165) is 5.56 Å². The van der Waals surface area contributed by atoms with Crippen LogP contribution in [-0.4, -0.2) is 19.4 Å². The molecular weight excluding hydrogens is 462 g/mol. The molecule has 0 saturated carbocycles. The first-order valence-corrected chi connectivity index (χ1v) is 11.7. The molecule has 0 fully saturated rings. The molecular formula is C24H18ClN3O4S. The van der Waals surface area contributed by atoms with Gasteiger partial charge in [0.1, 0.15) is 5.69 Å². The molecule has 0 saturated heterocycles. The van der Waals surface area contributed by atoms with Crippen molar-refractivity contribution in [3.8, 4) is 5.75 Å². The molecule has 166 valence electrons. The molecule has 0 atom stereocenters. The Balaban J connectivity index is 1.75. The van der Waals surface area contributed by atoms with Crippen LogP contribution in [0.5, 0.6) is 5.75 Å². The van der Waals surface area contributed by atoms with Crippen molar-refractivity contribution >= 4 is 49.7 Å². The number of fused-ring (bicyclic) bond motifs is 1. The molecule has 0 bridgehead atoms. The van der Waals surface area contributed by atoms with Gasteiger partial charge in [-0.3, -0.25) is 9.52 Å². The average molecular weight is 480 g/mol. The number of halogens is 1. The van der Waals surface area contributed by atoms with Gasteiger partial charge in [0, 0.05) is 21.4 Å². The second kappa shape index (κ2) is 9.01. The van der Waals surface area contributed by atoms with Gasteiger partial charge in [-0.2, -0.15) is 0 Å². The average Bonchev–Trinajstić information content (AvgIpc) is 2.80. The van der Waals surface area contributed by atoms with Crippen molar-refractivity contribution in [2.75, 3.05) is 4.72 Å². The molecule has 9 heteroatoms. The fraction of sp³-hybridized carbons (Fsp3) is 0.0417. The summed E-state index contributed by atoms with van der Waals surface area (Å²) in [6.45, 7) is 1.85. The predicted octanol–water partition coefficient (Wildman–Crippen LogP) is 6.23. The Morgan fingerprint density at radius 2 is 1.64 bits per heavy atom. The maximum atomic E-state index is 12.9. The molecule has 1 amide bonds. The number of phenols is 1.